The Hall–Kier alpha value is -2.54. The smallest absolute Gasteiger partial charge is 0.116 e. The Labute approximate surface area is 145 Å². The Morgan fingerprint density at radius 2 is 1.67 bits per heavy atom. The van der Waals surface area contributed by atoms with Crippen LogP contribution in [-0.4, -0.2) is 5.11 Å². The molecule has 0 fully saturated rings. The van der Waals surface area contributed by atoms with E-state index >= 15 is 0 Å². The van der Waals surface area contributed by atoms with Gasteiger partial charge in [-0.2, -0.15) is 0 Å². The molecule has 0 aliphatic rings. The van der Waals surface area contributed by atoms with Gasteiger partial charge in [0, 0.05) is 0 Å². The molecule has 0 bridgehead atoms. The van der Waals surface area contributed by atoms with Gasteiger partial charge in [0.15, 0.2) is 0 Å². The Kier molecular flexibility index (Phi) is 5.46. The monoisotopic (exact) mass is 318 g/mol. The maximum absolute atomic E-state index is 9.93. The van der Waals surface area contributed by atoms with Crippen molar-refractivity contribution in [2.24, 2.45) is 0 Å². The number of rotatable bonds is 4. The lowest BCUT2D eigenvalue weighted by molar-refractivity contribution is 0.471. The topological polar surface area (TPSA) is 20.2 Å². The summed E-state index contributed by atoms with van der Waals surface area (Å²) < 4.78 is 0. The molecule has 1 N–H and O–H groups in total. The second kappa shape index (κ2) is 7.35. The highest BCUT2D eigenvalue weighted by Crippen LogP contribution is 2.27. The molecule has 0 saturated heterocycles. The fraction of sp³-hybridized carbons (Fsp3) is 0.217. The van der Waals surface area contributed by atoms with Crippen molar-refractivity contribution in [2.45, 2.75) is 33.1 Å². The van der Waals surface area contributed by atoms with Crippen molar-refractivity contribution in [2.75, 3.05) is 0 Å². The van der Waals surface area contributed by atoms with Crippen molar-refractivity contribution in [3.05, 3.63) is 89.0 Å². The fourth-order valence-electron chi connectivity index (χ4n) is 2.39. The normalized spacial score (nSPS) is 12.2. The number of aromatic hydroxyl groups is 1. The van der Waals surface area contributed by atoms with Crippen LogP contribution >= 0.6 is 0 Å². The Balaban J connectivity index is 2.15. The molecule has 1 heteroatoms. The third-order valence-corrected chi connectivity index (χ3v) is 3.96. The summed E-state index contributed by atoms with van der Waals surface area (Å²) in [5.41, 5.74) is 5.45. The first kappa shape index (κ1) is 17.8. The van der Waals surface area contributed by atoms with Gasteiger partial charge < -0.3 is 5.11 Å². The summed E-state index contributed by atoms with van der Waals surface area (Å²) >= 11 is 0. The van der Waals surface area contributed by atoms with Gasteiger partial charge in [-0.05, 0) is 52.3 Å². The molecular formula is C23H26O. The molecule has 24 heavy (non-hydrogen) atoms. The number of phenols is 1. The van der Waals surface area contributed by atoms with E-state index in [-0.39, 0.29) is 5.41 Å². The molecule has 0 aromatic heterocycles. The number of benzene rings is 2. The van der Waals surface area contributed by atoms with Crippen LogP contribution in [0.3, 0.4) is 0 Å². The third-order valence-electron chi connectivity index (χ3n) is 3.96. The molecule has 0 aliphatic carbocycles. The van der Waals surface area contributed by atoms with E-state index in [2.05, 4.69) is 58.5 Å². The zero-order chi connectivity index (χ0) is 17.7. The van der Waals surface area contributed by atoms with Gasteiger partial charge in [0.05, 0.1) is 0 Å². The molecule has 1 nitrogen and oxygen atoms in total. The molecule has 2 rings (SSSR count). The first-order valence-electron chi connectivity index (χ1n) is 8.21. The van der Waals surface area contributed by atoms with Gasteiger partial charge in [-0.15, -0.1) is 0 Å². The highest BCUT2D eigenvalue weighted by Gasteiger charge is 2.14. The lowest BCUT2D eigenvalue weighted by atomic mass is 9.86. The molecule has 0 aliphatic heterocycles. The highest BCUT2D eigenvalue weighted by molar-refractivity contribution is 5.62. The van der Waals surface area contributed by atoms with Gasteiger partial charge >= 0.3 is 0 Å². The van der Waals surface area contributed by atoms with Gasteiger partial charge in [0.25, 0.3) is 0 Å². The molecule has 124 valence electrons. The molecule has 2 aromatic rings. The van der Waals surface area contributed by atoms with Crippen LogP contribution in [0.1, 0.15) is 43.0 Å². The first-order valence-corrected chi connectivity index (χ1v) is 8.21. The van der Waals surface area contributed by atoms with Gasteiger partial charge in [0.2, 0.25) is 0 Å². The second-order valence-electron chi connectivity index (χ2n) is 7.16. The molecular weight excluding hydrogens is 292 g/mol. The summed E-state index contributed by atoms with van der Waals surface area (Å²) in [5.74, 6) is 0.295. The number of phenolic OH excluding ortho intramolecular Hbond substituents is 1. The number of aryl methyl sites for hydroxylation is 1. The lowest BCUT2D eigenvalue weighted by Crippen LogP contribution is -2.10. The molecule has 0 unspecified atom stereocenters. The predicted molar refractivity (Wildman–Crippen MR) is 105 cm³/mol. The average Bonchev–Trinajstić information content (AvgIpc) is 2.51. The summed E-state index contributed by atoms with van der Waals surface area (Å²) in [6, 6.07) is 14.0. The lowest BCUT2D eigenvalue weighted by Gasteiger charge is -2.19. The van der Waals surface area contributed by atoms with Crippen LogP contribution < -0.4 is 0 Å². The fourth-order valence-corrected chi connectivity index (χ4v) is 2.39. The minimum absolute atomic E-state index is 0.00305. The molecule has 0 atom stereocenters. The maximum Gasteiger partial charge on any atom is 0.116 e. The summed E-state index contributed by atoms with van der Waals surface area (Å²) in [6.45, 7) is 12.6. The van der Waals surface area contributed by atoms with E-state index < -0.39 is 0 Å². The van der Waals surface area contributed by atoms with E-state index in [1.165, 1.54) is 11.1 Å². The van der Waals surface area contributed by atoms with Crippen LogP contribution in [0.5, 0.6) is 5.75 Å². The summed E-state index contributed by atoms with van der Waals surface area (Å²) in [5, 5.41) is 9.93. The van der Waals surface area contributed by atoms with Crippen LogP contribution in [0.2, 0.25) is 0 Å². The SMILES string of the molecule is C=C(C=Cc1cc(O)cc(C(C)(C)C)c1)C=Cc1ccccc1C. The van der Waals surface area contributed by atoms with Crippen molar-refractivity contribution in [1.82, 2.24) is 0 Å². The summed E-state index contributed by atoms with van der Waals surface area (Å²) in [6.07, 6.45) is 8.03. The minimum atomic E-state index is 0.00305. The van der Waals surface area contributed by atoms with E-state index in [0.717, 1.165) is 16.7 Å². The average molecular weight is 318 g/mol. The number of hydrogen-bond acceptors (Lipinski definition) is 1. The summed E-state index contributed by atoms with van der Waals surface area (Å²) in [7, 11) is 0. The largest absolute Gasteiger partial charge is 0.508 e. The summed E-state index contributed by atoms with van der Waals surface area (Å²) in [4.78, 5) is 0. The predicted octanol–water partition coefficient (Wildman–Crippen LogP) is 6.28. The van der Waals surface area contributed by atoms with Crippen molar-refractivity contribution < 1.29 is 5.11 Å². The van der Waals surface area contributed by atoms with Crippen molar-refractivity contribution in [3.63, 3.8) is 0 Å². The Morgan fingerprint density at radius 1 is 1.00 bits per heavy atom. The molecule has 2 aromatic carbocycles. The van der Waals surface area contributed by atoms with Crippen LogP contribution in [0, 0.1) is 6.92 Å². The van der Waals surface area contributed by atoms with E-state index in [4.69, 9.17) is 0 Å². The van der Waals surface area contributed by atoms with Gasteiger partial charge in [-0.25, -0.2) is 0 Å². The standard InChI is InChI=1S/C23H26O/c1-17(11-13-20-9-7-6-8-18(20)2)10-12-19-14-21(23(3,4)5)16-22(24)15-19/h6-16,24H,1H2,2-5H3. The minimum Gasteiger partial charge on any atom is -0.508 e. The van der Waals surface area contributed by atoms with Gasteiger partial charge in [0.1, 0.15) is 5.75 Å². The van der Waals surface area contributed by atoms with Crippen LogP contribution in [0.25, 0.3) is 12.2 Å². The third kappa shape index (κ3) is 4.99. The first-order chi connectivity index (χ1) is 11.3. The van der Waals surface area contributed by atoms with Gasteiger partial charge in [-0.1, -0.05) is 82.0 Å². The van der Waals surface area contributed by atoms with Crippen LogP contribution in [0.15, 0.2) is 66.8 Å². The maximum atomic E-state index is 9.93. The zero-order valence-corrected chi connectivity index (χ0v) is 15.0. The van der Waals surface area contributed by atoms with E-state index in [1.54, 1.807) is 6.07 Å². The number of allylic oxidation sites excluding steroid dienone is 3. The Morgan fingerprint density at radius 3 is 2.33 bits per heavy atom. The van der Waals surface area contributed by atoms with Crippen molar-refractivity contribution in [1.29, 1.82) is 0 Å². The molecule has 0 radical (unpaired) electrons. The van der Waals surface area contributed by atoms with Gasteiger partial charge in [-0.3, -0.25) is 0 Å². The van der Waals surface area contributed by atoms with Crippen molar-refractivity contribution >= 4 is 12.2 Å². The van der Waals surface area contributed by atoms with Crippen molar-refractivity contribution in [3.8, 4) is 5.75 Å². The van der Waals surface area contributed by atoms with E-state index in [1.807, 2.05) is 36.4 Å². The molecule has 0 amide bonds. The molecule has 0 heterocycles. The van der Waals surface area contributed by atoms with Crippen LogP contribution in [-0.2, 0) is 5.41 Å². The quantitative estimate of drug-likeness (QED) is 0.658. The van der Waals surface area contributed by atoms with E-state index in [9.17, 15) is 5.11 Å². The Bertz CT molecular complexity index is 786. The number of hydrogen-bond donors (Lipinski definition) is 1. The highest BCUT2D eigenvalue weighted by atomic mass is 16.3. The molecule has 0 saturated carbocycles. The second-order valence-corrected chi connectivity index (χ2v) is 7.16. The van der Waals surface area contributed by atoms with E-state index in [0.29, 0.717) is 5.75 Å². The van der Waals surface area contributed by atoms with Crippen LogP contribution in [0.4, 0.5) is 0 Å². The molecule has 0 spiro atoms. The zero-order valence-electron chi connectivity index (χ0n) is 15.0.